The first-order valence-corrected chi connectivity index (χ1v) is 12.8. The summed E-state index contributed by atoms with van der Waals surface area (Å²) in [5, 5.41) is 4.06. The van der Waals surface area contributed by atoms with Crippen molar-refractivity contribution in [3.05, 3.63) is 46.6 Å². The zero-order valence-electron chi connectivity index (χ0n) is 20.6. The van der Waals surface area contributed by atoms with Crippen LogP contribution < -0.4 is 14.8 Å². The van der Waals surface area contributed by atoms with Crippen molar-refractivity contribution >= 4 is 23.3 Å². The van der Waals surface area contributed by atoms with Gasteiger partial charge in [0.2, 0.25) is 0 Å². The van der Waals surface area contributed by atoms with Gasteiger partial charge in [-0.3, -0.25) is 9.69 Å². The van der Waals surface area contributed by atoms with Crippen LogP contribution in [-0.4, -0.2) is 79.3 Å². The number of ether oxygens (including phenoxy) is 3. The molecule has 8 nitrogen and oxygen atoms in total. The van der Waals surface area contributed by atoms with Crippen LogP contribution in [0.25, 0.3) is 0 Å². The van der Waals surface area contributed by atoms with Crippen LogP contribution in [0.1, 0.15) is 42.6 Å². The third kappa shape index (κ3) is 6.78. The molecule has 0 unspecified atom stereocenters. The first-order valence-electron chi connectivity index (χ1n) is 12.5. The summed E-state index contributed by atoms with van der Waals surface area (Å²) in [5.41, 5.74) is 1.75. The fourth-order valence-corrected chi connectivity index (χ4v) is 4.71. The molecule has 0 spiro atoms. The average molecular weight is 503 g/mol. The van der Waals surface area contributed by atoms with E-state index in [1.807, 2.05) is 43.0 Å². The number of nitrogens with zero attached hydrogens (tertiary/aromatic N) is 3. The minimum atomic E-state index is 0.0165. The topological polar surface area (TPSA) is 76.2 Å². The van der Waals surface area contributed by atoms with Gasteiger partial charge in [0.05, 0.1) is 32.0 Å². The fourth-order valence-electron chi connectivity index (χ4n) is 4.50. The van der Waals surface area contributed by atoms with Gasteiger partial charge in [-0.25, -0.2) is 4.98 Å². The smallest absolute Gasteiger partial charge is 0.255 e. The van der Waals surface area contributed by atoms with Crippen molar-refractivity contribution in [1.82, 2.24) is 14.8 Å². The maximum atomic E-state index is 12.6. The van der Waals surface area contributed by atoms with E-state index in [4.69, 9.17) is 25.8 Å². The first kappa shape index (κ1) is 25.5. The van der Waals surface area contributed by atoms with Crippen LogP contribution in [0.3, 0.4) is 0 Å². The highest BCUT2D eigenvalue weighted by molar-refractivity contribution is 6.33. The van der Waals surface area contributed by atoms with E-state index in [2.05, 4.69) is 15.2 Å². The number of morpholine rings is 1. The van der Waals surface area contributed by atoms with Crippen molar-refractivity contribution in [3.8, 4) is 11.5 Å². The third-order valence-corrected chi connectivity index (χ3v) is 6.69. The second-order valence-electron chi connectivity index (χ2n) is 8.80. The number of rotatable bonds is 9. The summed E-state index contributed by atoms with van der Waals surface area (Å²) in [6.45, 7) is 10.2. The fraction of sp³-hybridized carbons (Fsp3) is 0.538. The van der Waals surface area contributed by atoms with Crippen molar-refractivity contribution < 1.29 is 19.0 Å². The lowest BCUT2D eigenvalue weighted by atomic mass is 10.0. The number of hydrogen-bond acceptors (Lipinski definition) is 7. The van der Waals surface area contributed by atoms with Gasteiger partial charge in [-0.2, -0.15) is 0 Å². The predicted molar refractivity (Wildman–Crippen MR) is 137 cm³/mol. The van der Waals surface area contributed by atoms with Gasteiger partial charge in [0.25, 0.3) is 5.91 Å². The van der Waals surface area contributed by atoms with Gasteiger partial charge in [0.15, 0.2) is 0 Å². The molecule has 4 rings (SSSR count). The number of halogens is 1. The largest absolute Gasteiger partial charge is 0.492 e. The molecule has 2 fully saturated rings. The molecule has 0 radical (unpaired) electrons. The molecule has 0 atom stereocenters. The highest BCUT2D eigenvalue weighted by Crippen LogP contribution is 2.36. The maximum Gasteiger partial charge on any atom is 0.255 e. The molecule has 2 aliphatic heterocycles. The molecule has 0 aliphatic carbocycles. The molecule has 0 bridgehead atoms. The number of likely N-dealkylation sites (tertiary alicyclic amines) is 1. The summed E-state index contributed by atoms with van der Waals surface area (Å²) in [7, 11) is 0. The number of hydrogen-bond donors (Lipinski definition) is 1. The van der Waals surface area contributed by atoms with Gasteiger partial charge in [-0.05, 0) is 56.5 Å². The molecule has 1 aromatic carbocycles. The highest BCUT2D eigenvalue weighted by Gasteiger charge is 2.22. The molecule has 190 valence electrons. The number of benzene rings is 1. The number of nitrogens with one attached hydrogen (secondary N) is 1. The van der Waals surface area contributed by atoms with Crippen molar-refractivity contribution in [2.75, 3.05) is 57.9 Å². The quantitative estimate of drug-likeness (QED) is 0.553. The molecule has 1 aromatic heterocycles. The summed E-state index contributed by atoms with van der Waals surface area (Å²) < 4.78 is 16.8. The minimum Gasteiger partial charge on any atom is -0.492 e. The van der Waals surface area contributed by atoms with E-state index in [0.717, 1.165) is 43.9 Å². The lowest BCUT2D eigenvalue weighted by Crippen LogP contribution is -2.40. The number of pyridine rings is 1. The Kier molecular flexibility index (Phi) is 9.06. The van der Waals surface area contributed by atoms with Crippen molar-refractivity contribution in [3.63, 3.8) is 0 Å². The Balaban J connectivity index is 1.28. The Bertz CT molecular complexity index is 947. The van der Waals surface area contributed by atoms with Crippen LogP contribution in [-0.2, 0) is 11.3 Å². The Morgan fingerprint density at radius 2 is 1.74 bits per heavy atom. The second kappa shape index (κ2) is 12.4. The summed E-state index contributed by atoms with van der Waals surface area (Å²) in [5.74, 6) is 2.17. The number of piperidine rings is 1. The van der Waals surface area contributed by atoms with Gasteiger partial charge in [0.1, 0.15) is 22.3 Å². The van der Waals surface area contributed by atoms with E-state index in [1.54, 1.807) is 6.20 Å². The van der Waals surface area contributed by atoms with Gasteiger partial charge in [0, 0.05) is 45.0 Å². The zero-order chi connectivity index (χ0) is 24.6. The van der Waals surface area contributed by atoms with Crippen LogP contribution in [0.5, 0.6) is 11.5 Å². The molecular weight excluding hydrogens is 468 g/mol. The van der Waals surface area contributed by atoms with Crippen LogP contribution in [0.2, 0.25) is 5.02 Å². The average Bonchev–Trinajstić information content (AvgIpc) is 2.89. The normalized spacial score (nSPS) is 17.3. The van der Waals surface area contributed by atoms with Gasteiger partial charge >= 0.3 is 0 Å². The monoisotopic (exact) mass is 502 g/mol. The van der Waals surface area contributed by atoms with E-state index >= 15 is 0 Å². The molecule has 1 amide bonds. The standard InChI is InChI=1S/C26H35ClN4O4/c1-3-34-22-15-19(16-23(25(22)27)35-4-2)18-30-9-7-21(8-10-30)29-24-6-5-20(17-28-24)26(32)31-11-13-33-14-12-31/h5-6,15-17,21H,3-4,7-14,18H2,1-2H3,(H,28,29). The summed E-state index contributed by atoms with van der Waals surface area (Å²) in [6, 6.07) is 8.14. The van der Waals surface area contributed by atoms with E-state index in [-0.39, 0.29) is 5.91 Å². The van der Waals surface area contributed by atoms with Gasteiger partial charge in [-0.1, -0.05) is 11.6 Å². The lowest BCUT2D eigenvalue weighted by Gasteiger charge is -2.32. The number of amides is 1. The SMILES string of the molecule is CCOc1cc(CN2CCC(Nc3ccc(C(=O)N4CCOCC4)cn3)CC2)cc(OCC)c1Cl. The Hall–Kier alpha value is -2.55. The maximum absolute atomic E-state index is 12.6. The molecule has 2 aliphatic rings. The molecule has 3 heterocycles. The van der Waals surface area contributed by atoms with Crippen LogP contribution in [0, 0.1) is 0 Å². The molecule has 0 saturated carbocycles. The Morgan fingerprint density at radius 3 is 2.31 bits per heavy atom. The molecular formula is C26H35ClN4O4. The number of carbonyl (C=O) groups is 1. The van der Waals surface area contributed by atoms with Crippen molar-refractivity contribution in [2.45, 2.75) is 39.3 Å². The van der Waals surface area contributed by atoms with Crippen LogP contribution in [0.4, 0.5) is 5.82 Å². The van der Waals surface area contributed by atoms with Crippen molar-refractivity contribution in [1.29, 1.82) is 0 Å². The zero-order valence-corrected chi connectivity index (χ0v) is 21.4. The molecule has 2 saturated heterocycles. The van der Waals surface area contributed by atoms with Crippen LogP contribution >= 0.6 is 11.6 Å². The van der Waals surface area contributed by atoms with Crippen molar-refractivity contribution in [2.24, 2.45) is 0 Å². The van der Waals surface area contributed by atoms with E-state index in [1.165, 1.54) is 0 Å². The Labute approximate surface area is 212 Å². The molecule has 9 heteroatoms. The van der Waals surface area contributed by atoms with E-state index in [0.29, 0.717) is 67.6 Å². The molecule has 1 N–H and O–H groups in total. The van der Waals surface area contributed by atoms with Gasteiger partial charge in [-0.15, -0.1) is 0 Å². The minimum absolute atomic E-state index is 0.0165. The number of carbonyl (C=O) groups excluding carboxylic acids is 1. The molecule has 35 heavy (non-hydrogen) atoms. The predicted octanol–water partition coefficient (Wildman–Crippen LogP) is 4.08. The van der Waals surface area contributed by atoms with E-state index in [9.17, 15) is 4.79 Å². The highest BCUT2D eigenvalue weighted by atomic mass is 35.5. The molecule has 2 aromatic rings. The number of anilines is 1. The van der Waals surface area contributed by atoms with Crippen LogP contribution in [0.15, 0.2) is 30.5 Å². The first-order chi connectivity index (χ1) is 17.1. The summed E-state index contributed by atoms with van der Waals surface area (Å²) in [4.78, 5) is 21.3. The second-order valence-corrected chi connectivity index (χ2v) is 9.18. The number of aromatic nitrogens is 1. The third-order valence-electron chi connectivity index (χ3n) is 6.32. The lowest BCUT2D eigenvalue weighted by molar-refractivity contribution is 0.0302. The summed E-state index contributed by atoms with van der Waals surface area (Å²) in [6.07, 6.45) is 3.70. The van der Waals surface area contributed by atoms with E-state index < -0.39 is 0 Å². The summed E-state index contributed by atoms with van der Waals surface area (Å²) >= 11 is 6.44. The van der Waals surface area contributed by atoms with Gasteiger partial charge < -0.3 is 24.4 Å². The Morgan fingerprint density at radius 1 is 1.09 bits per heavy atom.